The highest BCUT2D eigenvalue weighted by atomic mass is 19.4. The largest absolute Gasteiger partial charge is 0.433 e. The molecule has 1 N–H and O–H groups in total. The van der Waals surface area contributed by atoms with Crippen molar-refractivity contribution in [1.82, 2.24) is 20.1 Å². The van der Waals surface area contributed by atoms with Gasteiger partial charge in [0.05, 0.1) is 0 Å². The van der Waals surface area contributed by atoms with Crippen LogP contribution in [0.5, 0.6) is 0 Å². The number of rotatable bonds is 3. The van der Waals surface area contributed by atoms with Gasteiger partial charge in [-0.1, -0.05) is 30.3 Å². The van der Waals surface area contributed by atoms with Crippen LogP contribution in [-0.4, -0.2) is 46.5 Å². The molecule has 0 saturated carbocycles. The number of likely N-dealkylation sites (tertiary alicyclic amines) is 1. The number of urea groups is 1. The molecule has 0 radical (unpaired) electrons. The summed E-state index contributed by atoms with van der Waals surface area (Å²) in [6.45, 7) is 3.38. The van der Waals surface area contributed by atoms with Crippen LogP contribution in [0.25, 0.3) is 0 Å². The second-order valence-electron chi connectivity index (χ2n) is 8.01. The van der Waals surface area contributed by atoms with Gasteiger partial charge in [0.15, 0.2) is 0 Å². The number of carbonyl (C=O) groups is 1. The Morgan fingerprint density at radius 3 is 2.67 bits per heavy atom. The van der Waals surface area contributed by atoms with Gasteiger partial charge in [-0.25, -0.2) is 4.79 Å². The standard InChI is InChI=1S/C22H25F3N4O/c23-22(24,25)20-8-7-16(12-26-20)13-28-10-3-6-19(15-28)27-21(30)29-11-9-17-4-1-2-5-18(17)14-29/h1-2,4-5,7-8,12,19H,3,6,9-11,13-15H2,(H,27,30). The molecule has 1 unspecified atom stereocenters. The van der Waals surface area contributed by atoms with Crippen LogP contribution in [0, 0.1) is 0 Å². The highest BCUT2D eigenvalue weighted by molar-refractivity contribution is 5.75. The first-order valence-electron chi connectivity index (χ1n) is 10.3. The number of nitrogens with zero attached hydrogens (tertiary/aromatic N) is 3. The molecule has 2 aliphatic heterocycles. The van der Waals surface area contributed by atoms with E-state index in [-0.39, 0.29) is 12.1 Å². The van der Waals surface area contributed by atoms with Gasteiger partial charge in [-0.15, -0.1) is 0 Å². The predicted molar refractivity (Wildman–Crippen MR) is 107 cm³/mol. The number of nitrogens with one attached hydrogen (secondary N) is 1. The van der Waals surface area contributed by atoms with Gasteiger partial charge >= 0.3 is 12.2 Å². The monoisotopic (exact) mass is 418 g/mol. The van der Waals surface area contributed by atoms with Crippen LogP contribution in [-0.2, 0) is 25.7 Å². The summed E-state index contributed by atoms with van der Waals surface area (Å²) < 4.78 is 38.0. The number of carbonyl (C=O) groups excluding carboxylic acids is 1. The SMILES string of the molecule is O=C(NC1CCCN(Cc2ccc(C(F)(F)F)nc2)C1)N1CCc2ccccc2C1. The van der Waals surface area contributed by atoms with E-state index in [1.165, 1.54) is 23.4 Å². The van der Waals surface area contributed by atoms with Crippen molar-refractivity contribution in [1.29, 1.82) is 0 Å². The third-order valence-electron chi connectivity index (χ3n) is 5.77. The topological polar surface area (TPSA) is 48.5 Å². The van der Waals surface area contributed by atoms with Crippen molar-refractivity contribution in [3.05, 3.63) is 65.0 Å². The molecule has 0 spiro atoms. The predicted octanol–water partition coefficient (Wildman–Crippen LogP) is 3.83. The maximum absolute atomic E-state index is 12.8. The van der Waals surface area contributed by atoms with Crippen molar-refractivity contribution in [2.24, 2.45) is 0 Å². The van der Waals surface area contributed by atoms with Crippen molar-refractivity contribution < 1.29 is 18.0 Å². The number of halogens is 3. The van der Waals surface area contributed by atoms with E-state index in [9.17, 15) is 18.0 Å². The molecule has 0 bridgehead atoms. The minimum atomic E-state index is -4.42. The molecule has 2 aromatic rings. The molecular formula is C22H25F3N4O. The average molecular weight is 418 g/mol. The summed E-state index contributed by atoms with van der Waals surface area (Å²) in [5.74, 6) is 0. The first kappa shape index (κ1) is 20.7. The third kappa shape index (κ3) is 4.92. The van der Waals surface area contributed by atoms with Gasteiger partial charge in [0.1, 0.15) is 5.69 Å². The van der Waals surface area contributed by atoms with Gasteiger partial charge in [-0.05, 0) is 48.6 Å². The Labute approximate surface area is 173 Å². The maximum atomic E-state index is 12.8. The Balaban J connectivity index is 1.30. The van der Waals surface area contributed by atoms with Crippen LogP contribution in [0.3, 0.4) is 0 Å². The molecule has 1 fully saturated rings. The highest BCUT2D eigenvalue weighted by Gasteiger charge is 2.32. The summed E-state index contributed by atoms with van der Waals surface area (Å²) in [5.41, 5.74) is 2.36. The Bertz CT molecular complexity index is 885. The lowest BCUT2D eigenvalue weighted by atomic mass is 10.00. The number of amides is 2. The molecule has 4 rings (SSSR count). The first-order valence-corrected chi connectivity index (χ1v) is 10.3. The molecule has 1 atom stereocenters. The van der Waals surface area contributed by atoms with Gasteiger partial charge in [0.2, 0.25) is 0 Å². The lowest BCUT2D eigenvalue weighted by Crippen LogP contribution is -2.52. The van der Waals surface area contributed by atoms with E-state index in [1.807, 2.05) is 17.0 Å². The van der Waals surface area contributed by atoms with Gasteiger partial charge in [-0.3, -0.25) is 9.88 Å². The van der Waals surface area contributed by atoms with Crippen LogP contribution < -0.4 is 5.32 Å². The Morgan fingerprint density at radius 1 is 1.13 bits per heavy atom. The van der Waals surface area contributed by atoms with E-state index in [2.05, 4.69) is 27.3 Å². The van der Waals surface area contributed by atoms with Gasteiger partial charge in [0.25, 0.3) is 0 Å². The van der Waals surface area contributed by atoms with Crippen molar-refractivity contribution >= 4 is 6.03 Å². The van der Waals surface area contributed by atoms with Crippen LogP contribution in [0.4, 0.5) is 18.0 Å². The van der Waals surface area contributed by atoms with E-state index in [1.54, 1.807) is 0 Å². The minimum Gasteiger partial charge on any atom is -0.334 e. The molecule has 2 aliphatic rings. The van der Waals surface area contributed by atoms with Gasteiger partial charge in [0, 0.05) is 38.4 Å². The number of aromatic nitrogens is 1. The molecule has 160 valence electrons. The minimum absolute atomic E-state index is 0.0332. The first-order chi connectivity index (χ1) is 14.4. The summed E-state index contributed by atoms with van der Waals surface area (Å²) in [7, 11) is 0. The van der Waals surface area contributed by atoms with Crippen molar-refractivity contribution in [3.63, 3.8) is 0 Å². The van der Waals surface area contributed by atoms with Gasteiger partial charge in [-0.2, -0.15) is 13.2 Å². The maximum Gasteiger partial charge on any atom is 0.433 e. The molecule has 30 heavy (non-hydrogen) atoms. The number of alkyl halides is 3. The van der Waals surface area contributed by atoms with E-state index in [0.717, 1.165) is 37.4 Å². The smallest absolute Gasteiger partial charge is 0.334 e. The van der Waals surface area contributed by atoms with Crippen LogP contribution >= 0.6 is 0 Å². The van der Waals surface area contributed by atoms with E-state index in [4.69, 9.17) is 0 Å². The molecule has 3 heterocycles. The number of hydrogen-bond donors (Lipinski definition) is 1. The van der Waals surface area contributed by atoms with Crippen LogP contribution in [0.1, 0.15) is 35.2 Å². The number of piperidine rings is 1. The Kier molecular flexibility index (Phi) is 5.94. The lowest BCUT2D eigenvalue weighted by molar-refractivity contribution is -0.141. The fourth-order valence-electron chi connectivity index (χ4n) is 4.20. The fraction of sp³-hybridized carbons (Fsp3) is 0.455. The Morgan fingerprint density at radius 2 is 1.93 bits per heavy atom. The van der Waals surface area contributed by atoms with E-state index in [0.29, 0.717) is 26.2 Å². The number of benzene rings is 1. The molecule has 2 amide bonds. The molecule has 8 heteroatoms. The zero-order chi connectivity index (χ0) is 21.1. The molecular weight excluding hydrogens is 393 g/mol. The summed E-state index contributed by atoms with van der Waals surface area (Å²) in [4.78, 5) is 20.3. The second kappa shape index (κ2) is 8.63. The lowest BCUT2D eigenvalue weighted by Gasteiger charge is -2.35. The van der Waals surface area contributed by atoms with Crippen LogP contribution in [0.2, 0.25) is 0 Å². The molecule has 1 saturated heterocycles. The highest BCUT2D eigenvalue weighted by Crippen LogP contribution is 2.27. The van der Waals surface area contributed by atoms with Crippen LogP contribution in [0.15, 0.2) is 42.6 Å². The fourth-order valence-corrected chi connectivity index (χ4v) is 4.20. The third-order valence-corrected chi connectivity index (χ3v) is 5.77. The van der Waals surface area contributed by atoms with Gasteiger partial charge < -0.3 is 10.2 Å². The molecule has 1 aromatic carbocycles. The molecule has 1 aromatic heterocycles. The summed E-state index contributed by atoms with van der Waals surface area (Å²) >= 11 is 0. The molecule has 5 nitrogen and oxygen atoms in total. The quantitative estimate of drug-likeness (QED) is 0.824. The van der Waals surface area contributed by atoms with Crippen molar-refractivity contribution in [2.75, 3.05) is 19.6 Å². The zero-order valence-electron chi connectivity index (χ0n) is 16.7. The normalized spacial score (nSPS) is 20.0. The Hall–Kier alpha value is -2.61. The zero-order valence-corrected chi connectivity index (χ0v) is 16.7. The average Bonchev–Trinajstić information content (AvgIpc) is 2.73. The number of hydrogen-bond acceptors (Lipinski definition) is 3. The summed E-state index contributed by atoms with van der Waals surface area (Å²) in [6.07, 6.45) is -0.439. The van der Waals surface area contributed by atoms with Crippen molar-refractivity contribution in [3.8, 4) is 0 Å². The van der Waals surface area contributed by atoms with E-state index < -0.39 is 11.9 Å². The summed E-state index contributed by atoms with van der Waals surface area (Å²) in [6, 6.07) is 10.7. The summed E-state index contributed by atoms with van der Waals surface area (Å²) in [5, 5.41) is 3.15. The van der Waals surface area contributed by atoms with Crippen molar-refractivity contribution in [2.45, 2.75) is 44.6 Å². The second-order valence-corrected chi connectivity index (χ2v) is 8.01. The van der Waals surface area contributed by atoms with E-state index >= 15 is 0 Å². The molecule has 0 aliphatic carbocycles. The number of pyridine rings is 1. The number of fused-ring (bicyclic) bond motifs is 1.